The topological polar surface area (TPSA) is 109 Å². The van der Waals surface area contributed by atoms with Gasteiger partial charge in [-0.2, -0.15) is 0 Å². The summed E-state index contributed by atoms with van der Waals surface area (Å²) in [4.78, 5) is 21.4. The first kappa shape index (κ1) is 17.1. The molecule has 0 spiro atoms. The van der Waals surface area contributed by atoms with Gasteiger partial charge in [0.25, 0.3) is 5.91 Å². The zero-order valence-electron chi connectivity index (χ0n) is 12.0. The van der Waals surface area contributed by atoms with Crippen LogP contribution in [0.5, 0.6) is 0 Å². The molecule has 24 heavy (non-hydrogen) atoms. The van der Waals surface area contributed by atoms with Gasteiger partial charge in [-0.15, -0.1) is 0 Å². The summed E-state index contributed by atoms with van der Waals surface area (Å²) in [6.07, 6.45) is 2.37. The quantitative estimate of drug-likeness (QED) is 0.336. The lowest BCUT2D eigenvalue weighted by Crippen LogP contribution is -2.43. The van der Waals surface area contributed by atoms with Gasteiger partial charge in [0, 0.05) is 11.8 Å². The Hall–Kier alpha value is -3.27. The monoisotopic (exact) mass is 350 g/mol. The highest BCUT2D eigenvalue weighted by Gasteiger charge is 2.10. The zero-order chi connectivity index (χ0) is 17.5. The summed E-state index contributed by atoms with van der Waals surface area (Å²) in [5.74, 6) is -1.20. The summed E-state index contributed by atoms with van der Waals surface area (Å²) in [6.45, 7) is 0. The number of carbonyl (C=O) groups excluding carboxylic acids is 1. The van der Waals surface area contributed by atoms with Crippen molar-refractivity contribution >= 4 is 40.9 Å². The molecule has 0 saturated carbocycles. The summed E-state index contributed by atoms with van der Waals surface area (Å²) in [5, 5.41) is 13.3. The van der Waals surface area contributed by atoms with Crippen LogP contribution >= 0.6 is 12.2 Å². The summed E-state index contributed by atoms with van der Waals surface area (Å²) >= 11 is 4.95. The van der Waals surface area contributed by atoms with Crippen molar-refractivity contribution in [2.45, 2.75) is 0 Å². The Bertz CT molecular complexity index is 788. The average Bonchev–Trinajstić information content (AvgIpc) is 3.02. The van der Waals surface area contributed by atoms with Crippen LogP contribution < -0.4 is 16.2 Å². The SMILES string of the molecule is O=C(/C=C/c1ccc([N+](=O)[O-])o1)NNC(=S)Nc1ccc(F)cc1. The number of rotatable bonds is 4. The van der Waals surface area contributed by atoms with Crippen LogP contribution in [0.1, 0.15) is 5.76 Å². The Balaban J connectivity index is 1.79. The number of benzene rings is 1. The maximum atomic E-state index is 12.8. The molecule has 0 bridgehead atoms. The fourth-order valence-corrected chi connectivity index (χ4v) is 1.71. The maximum Gasteiger partial charge on any atom is 0.433 e. The minimum Gasteiger partial charge on any atom is -0.401 e. The number of halogens is 1. The molecule has 0 radical (unpaired) electrons. The third kappa shape index (κ3) is 5.18. The largest absolute Gasteiger partial charge is 0.433 e. The zero-order valence-corrected chi connectivity index (χ0v) is 12.8. The lowest BCUT2D eigenvalue weighted by atomic mass is 10.3. The Morgan fingerprint density at radius 1 is 1.21 bits per heavy atom. The van der Waals surface area contributed by atoms with Gasteiger partial charge in [0.15, 0.2) is 5.11 Å². The summed E-state index contributed by atoms with van der Waals surface area (Å²) in [5.41, 5.74) is 5.27. The van der Waals surface area contributed by atoms with E-state index >= 15 is 0 Å². The number of anilines is 1. The lowest BCUT2D eigenvalue weighted by molar-refractivity contribution is -0.402. The predicted molar refractivity (Wildman–Crippen MR) is 88.3 cm³/mol. The molecule has 0 aliphatic heterocycles. The molecule has 2 aromatic rings. The summed E-state index contributed by atoms with van der Waals surface area (Å²) in [7, 11) is 0. The number of furan rings is 1. The van der Waals surface area contributed by atoms with Gasteiger partial charge in [-0.25, -0.2) is 4.39 Å². The van der Waals surface area contributed by atoms with Crippen molar-refractivity contribution < 1.29 is 18.5 Å². The Morgan fingerprint density at radius 2 is 1.92 bits per heavy atom. The summed E-state index contributed by atoms with van der Waals surface area (Å²) in [6, 6.07) is 8.01. The first-order chi connectivity index (χ1) is 11.4. The van der Waals surface area contributed by atoms with E-state index in [9.17, 15) is 19.3 Å². The number of hydrogen-bond donors (Lipinski definition) is 3. The Labute approximate surface area is 140 Å². The van der Waals surface area contributed by atoms with E-state index in [1.165, 1.54) is 42.5 Å². The van der Waals surface area contributed by atoms with Crippen molar-refractivity contribution in [3.05, 3.63) is 64.2 Å². The number of hydrogen-bond acceptors (Lipinski definition) is 5. The summed E-state index contributed by atoms with van der Waals surface area (Å²) < 4.78 is 17.6. The van der Waals surface area contributed by atoms with Gasteiger partial charge in [-0.05, 0) is 48.6 Å². The van der Waals surface area contributed by atoms with E-state index in [0.717, 1.165) is 6.08 Å². The number of carbonyl (C=O) groups is 1. The smallest absolute Gasteiger partial charge is 0.401 e. The van der Waals surface area contributed by atoms with Crippen LogP contribution in [0.25, 0.3) is 6.08 Å². The predicted octanol–water partition coefficient (Wildman–Crippen LogP) is 2.36. The highest BCUT2D eigenvalue weighted by molar-refractivity contribution is 7.80. The molecule has 8 nitrogen and oxygen atoms in total. The van der Waals surface area contributed by atoms with Crippen molar-refractivity contribution in [1.82, 2.24) is 10.9 Å². The fourth-order valence-electron chi connectivity index (χ4n) is 1.54. The second-order valence-electron chi connectivity index (χ2n) is 4.34. The lowest BCUT2D eigenvalue weighted by Gasteiger charge is -2.10. The van der Waals surface area contributed by atoms with Crippen LogP contribution in [0.3, 0.4) is 0 Å². The molecule has 0 atom stereocenters. The van der Waals surface area contributed by atoms with Gasteiger partial charge in [-0.1, -0.05) is 0 Å². The third-order valence-electron chi connectivity index (χ3n) is 2.59. The standard InChI is InChI=1S/C14H11FN4O4S/c15-9-1-3-10(4-2-9)16-14(24)18-17-12(20)7-5-11-6-8-13(23-11)19(21)22/h1-8H,(H,17,20)(H2,16,18,24)/b7-5+. The number of nitro groups is 1. The molecule has 0 fully saturated rings. The number of hydrazine groups is 1. The molecule has 1 aromatic heterocycles. The minimum absolute atomic E-state index is 0.0944. The van der Waals surface area contributed by atoms with Crippen molar-refractivity contribution in [2.24, 2.45) is 0 Å². The van der Waals surface area contributed by atoms with Gasteiger partial charge in [0.05, 0.1) is 6.07 Å². The van der Waals surface area contributed by atoms with Crippen LogP contribution in [-0.2, 0) is 4.79 Å². The molecule has 1 aromatic carbocycles. The molecule has 124 valence electrons. The highest BCUT2D eigenvalue weighted by atomic mass is 32.1. The number of nitrogens with zero attached hydrogens (tertiary/aromatic N) is 1. The molecule has 2 rings (SSSR count). The first-order valence-electron chi connectivity index (χ1n) is 6.49. The van der Waals surface area contributed by atoms with Gasteiger partial charge >= 0.3 is 5.88 Å². The fraction of sp³-hybridized carbons (Fsp3) is 0. The molecule has 0 saturated heterocycles. The van der Waals surface area contributed by atoms with Crippen molar-refractivity contribution in [2.75, 3.05) is 5.32 Å². The maximum absolute atomic E-state index is 12.8. The van der Waals surface area contributed by atoms with E-state index < -0.39 is 16.7 Å². The molecule has 10 heteroatoms. The second kappa shape index (κ2) is 7.83. The molecule has 3 N–H and O–H groups in total. The van der Waals surface area contributed by atoms with Gasteiger partial charge in [-0.3, -0.25) is 25.8 Å². The number of nitrogens with one attached hydrogen (secondary N) is 3. The molecule has 0 aliphatic carbocycles. The molecular weight excluding hydrogens is 339 g/mol. The number of amides is 1. The Kier molecular flexibility index (Phi) is 5.58. The van der Waals surface area contributed by atoms with Gasteiger partial charge < -0.3 is 9.73 Å². The van der Waals surface area contributed by atoms with Crippen molar-refractivity contribution in [3.63, 3.8) is 0 Å². The number of thiocarbonyl (C=S) groups is 1. The normalized spacial score (nSPS) is 10.4. The van der Waals surface area contributed by atoms with E-state index in [-0.39, 0.29) is 16.7 Å². The molecule has 1 amide bonds. The van der Waals surface area contributed by atoms with Crippen LogP contribution in [0.4, 0.5) is 16.0 Å². The van der Waals surface area contributed by atoms with E-state index in [1.807, 2.05) is 0 Å². The van der Waals surface area contributed by atoms with E-state index in [1.54, 1.807) is 0 Å². The third-order valence-corrected chi connectivity index (χ3v) is 2.80. The van der Waals surface area contributed by atoms with Crippen LogP contribution in [0.2, 0.25) is 0 Å². The minimum atomic E-state index is -0.682. The van der Waals surface area contributed by atoms with E-state index in [0.29, 0.717) is 5.69 Å². The molecule has 0 unspecified atom stereocenters. The Morgan fingerprint density at radius 3 is 2.54 bits per heavy atom. The highest BCUT2D eigenvalue weighted by Crippen LogP contribution is 2.16. The average molecular weight is 350 g/mol. The van der Waals surface area contributed by atoms with Crippen LogP contribution in [-0.4, -0.2) is 15.9 Å². The van der Waals surface area contributed by atoms with Crippen molar-refractivity contribution in [3.8, 4) is 0 Å². The molecule has 1 heterocycles. The van der Waals surface area contributed by atoms with Gasteiger partial charge in [0.2, 0.25) is 0 Å². The molecule has 0 aliphatic rings. The molecular formula is C14H11FN4O4S. The van der Waals surface area contributed by atoms with Crippen LogP contribution in [0, 0.1) is 15.9 Å². The van der Waals surface area contributed by atoms with Crippen LogP contribution in [0.15, 0.2) is 46.9 Å². The van der Waals surface area contributed by atoms with E-state index in [4.69, 9.17) is 16.6 Å². The first-order valence-corrected chi connectivity index (χ1v) is 6.90. The second-order valence-corrected chi connectivity index (χ2v) is 4.75. The van der Waals surface area contributed by atoms with Crippen molar-refractivity contribution in [1.29, 1.82) is 0 Å². The van der Waals surface area contributed by atoms with E-state index in [2.05, 4.69) is 16.2 Å². The van der Waals surface area contributed by atoms with Gasteiger partial charge in [0.1, 0.15) is 16.5 Å².